The Morgan fingerprint density at radius 3 is 2.22 bits per heavy atom. The number of hydrogen-bond acceptors (Lipinski definition) is 2. The third kappa shape index (κ3) is 4.58. The van der Waals surface area contributed by atoms with Crippen molar-refractivity contribution in [3.05, 3.63) is 17.0 Å². The number of aryl methyl sites for hydroxylation is 1. The van der Waals surface area contributed by atoms with E-state index in [0.717, 1.165) is 23.5 Å². The van der Waals surface area contributed by atoms with Gasteiger partial charge in [0.2, 0.25) is 0 Å². The molecule has 4 nitrogen and oxygen atoms in total. The number of carbonyl (C=O) groups excluding carboxylic acids is 1. The molecule has 0 atom stereocenters. The minimum atomic E-state index is -0.104. The Bertz CT molecular complexity index is 532. The predicted octanol–water partition coefficient (Wildman–Crippen LogP) is 4.35. The molecule has 0 bridgehead atoms. The summed E-state index contributed by atoms with van der Waals surface area (Å²) in [6.07, 6.45) is 9.19. The van der Waals surface area contributed by atoms with E-state index in [9.17, 15) is 4.79 Å². The predicted molar refractivity (Wildman–Crippen MR) is 94.8 cm³/mol. The molecule has 1 amide bonds. The minimum absolute atomic E-state index is 0.0394. The van der Waals surface area contributed by atoms with E-state index in [1.807, 2.05) is 18.5 Å². The molecule has 130 valence electrons. The van der Waals surface area contributed by atoms with Crippen LogP contribution < -0.4 is 5.32 Å². The topological polar surface area (TPSA) is 46.9 Å². The number of rotatable bonds is 3. The fraction of sp³-hybridized carbons (Fsp3) is 0.789. The van der Waals surface area contributed by atoms with Crippen LogP contribution in [0.2, 0.25) is 0 Å². The van der Waals surface area contributed by atoms with Gasteiger partial charge in [-0.3, -0.25) is 9.48 Å². The molecule has 1 fully saturated rings. The average molecular weight is 319 g/mol. The van der Waals surface area contributed by atoms with Crippen molar-refractivity contribution in [1.82, 2.24) is 15.1 Å². The van der Waals surface area contributed by atoms with Gasteiger partial charge in [0.1, 0.15) is 0 Å². The summed E-state index contributed by atoms with van der Waals surface area (Å²) in [5.41, 5.74) is 2.44. The lowest BCUT2D eigenvalue weighted by atomic mass is 9.91. The maximum absolute atomic E-state index is 12.7. The van der Waals surface area contributed by atoms with Gasteiger partial charge >= 0.3 is 0 Å². The lowest BCUT2D eigenvalue weighted by Gasteiger charge is -2.22. The van der Waals surface area contributed by atoms with Gasteiger partial charge in [-0.15, -0.1) is 0 Å². The second-order valence-corrected chi connectivity index (χ2v) is 8.05. The summed E-state index contributed by atoms with van der Waals surface area (Å²) in [5, 5.41) is 7.75. The van der Waals surface area contributed by atoms with E-state index < -0.39 is 0 Å². The molecule has 0 saturated heterocycles. The first-order chi connectivity index (χ1) is 10.8. The number of nitrogens with zero attached hydrogens (tertiary/aromatic N) is 2. The maximum Gasteiger partial charge on any atom is 0.255 e. The largest absolute Gasteiger partial charge is 0.352 e. The molecule has 0 aliphatic heterocycles. The summed E-state index contributed by atoms with van der Waals surface area (Å²) in [7, 11) is 0. The molecule has 0 unspecified atom stereocenters. The highest BCUT2D eigenvalue weighted by atomic mass is 16.1. The van der Waals surface area contributed by atoms with Gasteiger partial charge in [-0.25, -0.2) is 0 Å². The Hall–Kier alpha value is -1.32. The molecule has 4 heteroatoms. The van der Waals surface area contributed by atoms with Crippen molar-refractivity contribution in [1.29, 1.82) is 0 Å². The summed E-state index contributed by atoms with van der Waals surface area (Å²) < 4.78 is 1.97. The van der Waals surface area contributed by atoms with Crippen LogP contribution in [0.5, 0.6) is 0 Å². The number of aromatic nitrogens is 2. The molecule has 0 radical (unpaired) electrons. The number of amides is 1. The van der Waals surface area contributed by atoms with Crippen molar-refractivity contribution in [3.63, 3.8) is 0 Å². The fourth-order valence-corrected chi connectivity index (χ4v) is 3.69. The molecular formula is C19H33N3O. The van der Waals surface area contributed by atoms with E-state index in [-0.39, 0.29) is 11.4 Å². The highest BCUT2D eigenvalue weighted by Crippen LogP contribution is 2.23. The van der Waals surface area contributed by atoms with Crippen molar-refractivity contribution >= 4 is 5.91 Å². The second-order valence-electron chi connectivity index (χ2n) is 8.05. The summed E-state index contributed by atoms with van der Waals surface area (Å²) in [4.78, 5) is 12.7. The Balaban J connectivity index is 2.02. The minimum Gasteiger partial charge on any atom is -0.352 e. The first-order valence-corrected chi connectivity index (χ1v) is 9.15. The van der Waals surface area contributed by atoms with Gasteiger partial charge < -0.3 is 5.32 Å². The van der Waals surface area contributed by atoms with Gasteiger partial charge in [-0.05, 0) is 53.4 Å². The molecule has 1 heterocycles. The molecule has 1 aromatic heterocycles. The van der Waals surface area contributed by atoms with Gasteiger partial charge in [0.05, 0.1) is 16.8 Å². The van der Waals surface area contributed by atoms with Gasteiger partial charge in [0.25, 0.3) is 5.91 Å². The zero-order valence-electron chi connectivity index (χ0n) is 15.5. The Morgan fingerprint density at radius 1 is 1.13 bits per heavy atom. The van der Waals surface area contributed by atoms with E-state index in [0.29, 0.717) is 5.92 Å². The standard InChI is InChI=1S/C19H33N3O/c1-14-17(15(2)22(21-14)19(3,4)5)18(23)20-13-16-11-9-7-6-8-10-12-16/h16H,6-13H2,1-5H3,(H,20,23). The lowest BCUT2D eigenvalue weighted by Crippen LogP contribution is -2.31. The number of carbonyl (C=O) groups is 1. The highest BCUT2D eigenvalue weighted by molar-refractivity contribution is 5.96. The Morgan fingerprint density at radius 2 is 1.70 bits per heavy atom. The van der Waals surface area contributed by atoms with Crippen molar-refractivity contribution in [3.8, 4) is 0 Å². The van der Waals surface area contributed by atoms with E-state index in [4.69, 9.17) is 0 Å². The smallest absolute Gasteiger partial charge is 0.255 e. The van der Waals surface area contributed by atoms with E-state index in [1.165, 1.54) is 44.9 Å². The van der Waals surface area contributed by atoms with Crippen LogP contribution in [-0.4, -0.2) is 22.2 Å². The van der Waals surface area contributed by atoms with Crippen LogP contribution in [-0.2, 0) is 5.54 Å². The van der Waals surface area contributed by atoms with Gasteiger partial charge in [-0.1, -0.05) is 32.1 Å². The molecule has 1 aliphatic rings. The first-order valence-electron chi connectivity index (χ1n) is 9.15. The van der Waals surface area contributed by atoms with Crippen molar-refractivity contribution in [2.75, 3.05) is 6.54 Å². The molecule has 1 N–H and O–H groups in total. The highest BCUT2D eigenvalue weighted by Gasteiger charge is 2.24. The summed E-state index contributed by atoms with van der Waals surface area (Å²) in [6, 6.07) is 0. The van der Waals surface area contributed by atoms with Gasteiger partial charge in [0, 0.05) is 12.2 Å². The summed E-state index contributed by atoms with van der Waals surface area (Å²) in [6.45, 7) is 11.1. The zero-order valence-corrected chi connectivity index (χ0v) is 15.5. The molecule has 1 aliphatic carbocycles. The quantitative estimate of drug-likeness (QED) is 0.900. The van der Waals surface area contributed by atoms with Crippen LogP contribution in [0.3, 0.4) is 0 Å². The summed E-state index contributed by atoms with van der Waals surface area (Å²) in [5.74, 6) is 0.676. The van der Waals surface area contributed by atoms with Crippen LogP contribution in [0.1, 0.15) is 87.5 Å². The maximum atomic E-state index is 12.7. The van der Waals surface area contributed by atoms with Crippen molar-refractivity contribution in [2.45, 2.75) is 85.1 Å². The average Bonchev–Trinajstić information content (AvgIpc) is 2.72. The summed E-state index contributed by atoms with van der Waals surface area (Å²) >= 11 is 0. The van der Waals surface area contributed by atoms with Crippen LogP contribution in [0, 0.1) is 19.8 Å². The molecule has 23 heavy (non-hydrogen) atoms. The van der Waals surface area contributed by atoms with E-state index >= 15 is 0 Å². The fourth-order valence-electron chi connectivity index (χ4n) is 3.69. The van der Waals surface area contributed by atoms with Crippen LogP contribution in [0.15, 0.2) is 0 Å². The normalized spacial score (nSPS) is 17.6. The van der Waals surface area contributed by atoms with Gasteiger partial charge in [-0.2, -0.15) is 5.10 Å². The van der Waals surface area contributed by atoms with Crippen molar-refractivity contribution in [2.24, 2.45) is 5.92 Å². The van der Waals surface area contributed by atoms with Crippen LogP contribution >= 0.6 is 0 Å². The van der Waals surface area contributed by atoms with Crippen LogP contribution in [0.25, 0.3) is 0 Å². The molecule has 1 aromatic rings. The van der Waals surface area contributed by atoms with E-state index in [2.05, 4.69) is 31.2 Å². The number of nitrogens with one attached hydrogen (secondary N) is 1. The first kappa shape index (κ1) is 18.0. The molecule has 0 aromatic carbocycles. The SMILES string of the molecule is Cc1nn(C(C)(C)C)c(C)c1C(=O)NCC1CCCCCCC1. The van der Waals surface area contributed by atoms with Gasteiger partial charge in [0.15, 0.2) is 0 Å². The number of hydrogen-bond donors (Lipinski definition) is 1. The molecule has 1 saturated carbocycles. The monoisotopic (exact) mass is 319 g/mol. The van der Waals surface area contributed by atoms with Crippen molar-refractivity contribution < 1.29 is 4.79 Å². The third-order valence-corrected chi connectivity index (χ3v) is 4.93. The molecular weight excluding hydrogens is 286 g/mol. The second kappa shape index (κ2) is 7.50. The Labute approximate surface area is 141 Å². The molecule has 2 rings (SSSR count). The Kier molecular flexibility index (Phi) is 5.88. The third-order valence-electron chi connectivity index (χ3n) is 4.93. The van der Waals surface area contributed by atoms with Crippen LogP contribution in [0.4, 0.5) is 0 Å². The lowest BCUT2D eigenvalue weighted by molar-refractivity contribution is 0.0943. The molecule has 0 spiro atoms. The zero-order chi connectivity index (χ0) is 17.0. The van der Waals surface area contributed by atoms with E-state index in [1.54, 1.807) is 0 Å².